The Bertz CT molecular complexity index is 662. The van der Waals surface area contributed by atoms with Gasteiger partial charge in [0.1, 0.15) is 13.4 Å². The number of rotatable bonds is 0. The zero-order valence-corrected chi connectivity index (χ0v) is 8.88. The number of furan rings is 1. The standard InChI is InChI=1S/C11H7BClNO/c12-10-7(13)3-4-8-9(10)6-2-1-5-14-11(6)15-8/h1-5H,12H2. The second kappa shape index (κ2) is 3.01. The van der Waals surface area contributed by atoms with E-state index in [0.717, 1.165) is 26.8 Å². The molecule has 3 rings (SSSR count). The van der Waals surface area contributed by atoms with Crippen LogP contribution in [0, 0.1) is 0 Å². The van der Waals surface area contributed by atoms with Crippen LogP contribution in [0.1, 0.15) is 0 Å². The van der Waals surface area contributed by atoms with E-state index in [1.54, 1.807) is 6.20 Å². The highest BCUT2D eigenvalue weighted by atomic mass is 35.5. The molecule has 0 fully saturated rings. The first kappa shape index (κ1) is 8.80. The average molecular weight is 215 g/mol. The van der Waals surface area contributed by atoms with Gasteiger partial charge in [0, 0.05) is 22.0 Å². The lowest BCUT2D eigenvalue weighted by molar-refractivity contribution is 0.654. The lowest BCUT2D eigenvalue weighted by Crippen LogP contribution is -2.04. The van der Waals surface area contributed by atoms with Crippen molar-refractivity contribution >= 4 is 47.0 Å². The fourth-order valence-electron chi connectivity index (χ4n) is 1.85. The molecule has 0 radical (unpaired) electrons. The minimum Gasteiger partial charge on any atom is -0.438 e. The topological polar surface area (TPSA) is 26.0 Å². The van der Waals surface area contributed by atoms with E-state index in [4.69, 9.17) is 16.0 Å². The summed E-state index contributed by atoms with van der Waals surface area (Å²) in [6.45, 7) is 0. The third-order valence-corrected chi connectivity index (χ3v) is 3.02. The molecule has 0 amide bonds. The number of fused-ring (bicyclic) bond motifs is 3. The van der Waals surface area contributed by atoms with Gasteiger partial charge in [-0.1, -0.05) is 17.1 Å². The molecule has 0 aliphatic heterocycles. The van der Waals surface area contributed by atoms with Crippen molar-refractivity contribution in [2.75, 3.05) is 0 Å². The number of halogens is 1. The Morgan fingerprint density at radius 1 is 1.27 bits per heavy atom. The van der Waals surface area contributed by atoms with Gasteiger partial charge < -0.3 is 4.42 Å². The molecule has 2 heterocycles. The zero-order valence-electron chi connectivity index (χ0n) is 8.12. The summed E-state index contributed by atoms with van der Waals surface area (Å²) in [4.78, 5) is 4.18. The van der Waals surface area contributed by atoms with Gasteiger partial charge in [0.25, 0.3) is 0 Å². The predicted octanol–water partition coefficient (Wildman–Crippen LogP) is 1.89. The van der Waals surface area contributed by atoms with E-state index in [-0.39, 0.29) is 0 Å². The molecule has 0 saturated carbocycles. The van der Waals surface area contributed by atoms with E-state index in [1.807, 2.05) is 32.1 Å². The van der Waals surface area contributed by atoms with E-state index < -0.39 is 0 Å². The average Bonchev–Trinajstić information content (AvgIpc) is 2.62. The second-order valence-corrected chi connectivity index (χ2v) is 3.91. The van der Waals surface area contributed by atoms with E-state index in [2.05, 4.69) is 4.98 Å². The van der Waals surface area contributed by atoms with Crippen molar-refractivity contribution < 1.29 is 4.42 Å². The van der Waals surface area contributed by atoms with Crippen molar-refractivity contribution in [3.63, 3.8) is 0 Å². The Morgan fingerprint density at radius 2 is 2.13 bits per heavy atom. The summed E-state index contributed by atoms with van der Waals surface area (Å²) >= 11 is 6.08. The summed E-state index contributed by atoms with van der Waals surface area (Å²) in [5, 5.41) is 2.84. The molecule has 0 saturated heterocycles. The van der Waals surface area contributed by atoms with Crippen LogP contribution in [0.5, 0.6) is 0 Å². The Hall–Kier alpha value is -1.48. The molecule has 0 N–H and O–H groups in total. The normalized spacial score (nSPS) is 11.3. The minimum absolute atomic E-state index is 0.665. The highest BCUT2D eigenvalue weighted by molar-refractivity contribution is 6.50. The van der Waals surface area contributed by atoms with Crippen LogP contribution in [0.15, 0.2) is 34.9 Å². The lowest BCUT2D eigenvalue weighted by Gasteiger charge is -1.97. The van der Waals surface area contributed by atoms with Crippen molar-refractivity contribution in [1.29, 1.82) is 0 Å². The highest BCUT2D eigenvalue weighted by Gasteiger charge is 2.10. The third-order valence-electron chi connectivity index (χ3n) is 2.61. The SMILES string of the molecule is Bc1c(Cl)ccc2oc3ncccc3c12. The molecular weight excluding hydrogens is 208 g/mol. The first-order valence-electron chi connectivity index (χ1n) is 4.70. The van der Waals surface area contributed by atoms with Gasteiger partial charge in [-0.05, 0) is 24.3 Å². The van der Waals surface area contributed by atoms with Gasteiger partial charge in [0.15, 0.2) is 0 Å². The van der Waals surface area contributed by atoms with E-state index in [0.29, 0.717) is 5.71 Å². The van der Waals surface area contributed by atoms with E-state index in [9.17, 15) is 0 Å². The van der Waals surface area contributed by atoms with Crippen LogP contribution in [-0.4, -0.2) is 12.8 Å². The van der Waals surface area contributed by atoms with Crippen LogP contribution in [0.4, 0.5) is 0 Å². The van der Waals surface area contributed by atoms with E-state index >= 15 is 0 Å². The fraction of sp³-hybridized carbons (Fsp3) is 0. The molecule has 0 unspecified atom stereocenters. The largest absolute Gasteiger partial charge is 0.438 e. The van der Waals surface area contributed by atoms with Crippen LogP contribution in [0.2, 0.25) is 5.02 Å². The maximum atomic E-state index is 6.08. The first-order valence-corrected chi connectivity index (χ1v) is 5.07. The molecule has 2 aromatic heterocycles. The Labute approximate surface area is 92.3 Å². The van der Waals surface area contributed by atoms with Gasteiger partial charge in [-0.3, -0.25) is 0 Å². The van der Waals surface area contributed by atoms with Crippen LogP contribution in [0.25, 0.3) is 22.1 Å². The maximum Gasteiger partial charge on any atom is 0.227 e. The van der Waals surface area contributed by atoms with Crippen LogP contribution in [-0.2, 0) is 0 Å². The summed E-state index contributed by atoms with van der Waals surface area (Å²) < 4.78 is 5.62. The van der Waals surface area contributed by atoms with Crippen molar-refractivity contribution in [2.24, 2.45) is 0 Å². The number of pyridine rings is 1. The van der Waals surface area contributed by atoms with Gasteiger partial charge in [0.2, 0.25) is 5.71 Å². The summed E-state index contributed by atoms with van der Waals surface area (Å²) in [5.41, 5.74) is 2.55. The highest BCUT2D eigenvalue weighted by Crippen LogP contribution is 2.26. The molecule has 1 aromatic carbocycles. The molecular formula is C11H7BClNO. The molecule has 4 heteroatoms. The second-order valence-electron chi connectivity index (χ2n) is 3.50. The third kappa shape index (κ3) is 1.16. The zero-order chi connectivity index (χ0) is 10.4. The molecule has 0 aliphatic rings. The molecule has 15 heavy (non-hydrogen) atoms. The molecule has 3 aromatic rings. The molecule has 0 aliphatic carbocycles. The van der Waals surface area contributed by atoms with Crippen LogP contribution >= 0.6 is 11.6 Å². The van der Waals surface area contributed by atoms with Crippen LogP contribution < -0.4 is 5.46 Å². The predicted molar refractivity (Wildman–Crippen MR) is 64.7 cm³/mol. The Morgan fingerprint density at radius 3 is 3.00 bits per heavy atom. The molecule has 0 spiro atoms. The molecule has 2 nitrogen and oxygen atoms in total. The first-order chi connectivity index (χ1) is 7.27. The summed E-state index contributed by atoms with van der Waals surface area (Å²) in [6, 6.07) is 7.63. The number of hydrogen-bond donors (Lipinski definition) is 0. The number of benzene rings is 1. The van der Waals surface area contributed by atoms with Gasteiger partial charge in [-0.25, -0.2) is 4.98 Å². The van der Waals surface area contributed by atoms with Crippen molar-refractivity contribution in [1.82, 2.24) is 4.98 Å². The fourth-order valence-corrected chi connectivity index (χ4v) is 2.01. The number of hydrogen-bond acceptors (Lipinski definition) is 2. The van der Waals surface area contributed by atoms with Gasteiger partial charge >= 0.3 is 0 Å². The monoisotopic (exact) mass is 215 g/mol. The van der Waals surface area contributed by atoms with Crippen molar-refractivity contribution in [3.8, 4) is 0 Å². The van der Waals surface area contributed by atoms with Gasteiger partial charge in [0.05, 0.1) is 0 Å². The Kier molecular flexibility index (Phi) is 1.76. The van der Waals surface area contributed by atoms with Crippen molar-refractivity contribution in [3.05, 3.63) is 35.5 Å². The summed E-state index contributed by atoms with van der Waals surface area (Å²) in [6.07, 6.45) is 1.72. The van der Waals surface area contributed by atoms with Crippen molar-refractivity contribution in [2.45, 2.75) is 0 Å². The number of aromatic nitrogens is 1. The summed E-state index contributed by atoms with van der Waals surface area (Å²) in [7, 11) is 1.99. The van der Waals surface area contributed by atoms with E-state index in [1.165, 1.54) is 0 Å². The van der Waals surface area contributed by atoms with Crippen LogP contribution in [0.3, 0.4) is 0 Å². The lowest BCUT2D eigenvalue weighted by atomic mass is 9.91. The van der Waals surface area contributed by atoms with Gasteiger partial charge in [-0.15, -0.1) is 0 Å². The molecule has 72 valence electrons. The van der Waals surface area contributed by atoms with Gasteiger partial charge in [-0.2, -0.15) is 0 Å². The number of nitrogens with zero attached hydrogens (tertiary/aromatic N) is 1. The Balaban J connectivity index is 2.63. The molecule has 0 bridgehead atoms. The minimum atomic E-state index is 0.665. The molecule has 0 atom stereocenters. The smallest absolute Gasteiger partial charge is 0.227 e. The summed E-state index contributed by atoms with van der Waals surface area (Å²) in [5.74, 6) is 0. The quantitative estimate of drug-likeness (QED) is 0.535. The maximum absolute atomic E-state index is 6.08.